The maximum absolute atomic E-state index is 12.5. The molecule has 1 rings (SSSR count). The lowest BCUT2D eigenvalue weighted by Crippen LogP contribution is -2.39. The second-order valence-electron chi connectivity index (χ2n) is 5.33. The Labute approximate surface area is 117 Å². The summed E-state index contributed by atoms with van der Waals surface area (Å²) in [4.78, 5) is 28.2. The van der Waals surface area contributed by atoms with E-state index in [9.17, 15) is 14.9 Å². The first kappa shape index (κ1) is 15.9. The normalized spacial score (nSPS) is 10.9. The number of carbonyl (C=O) groups excluding carboxylic acids is 1. The molecule has 7 heteroatoms. The number of hydrogen-bond acceptors (Lipinski definition) is 5. The molecule has 0 aliphatic rings. The zero-order valence-electron chi connectivity index (χ0n) is 12.2. The minimum absolute atomic E-state index is 0.0168. The van der Waals surface area contributed by atoms with Crippen LogP contribution >= 0.6 is 0 Å². The molecule has 1 aromatic heterocycles. The first-order chi connectivity index (χ1) is 9.23. The maximum atomic E-state index is 12.5. The highest BCUT2D eigenvalue weighted by atomic mass is 16.6. The SMILES string of the molecule is CC(C)CN(C(=O)c1cc(N)ncc1[N+](=O)[O-])C(C)C. The summed E-state index contributed by atoms with van der Waals surface area (Å²) in [7, 11) is 0. The molecule has 1 amide bonds. The molecule has 0 unspecified atom stereocenters. The molecule has 1 aromatic rings. The molecule has 0 aliphatic heterocycles. The summed E-state index contributed by atoms with van der Waals surface area (Å²) in [6, 6.07) is 1.20. The molecular weight excluding hydrogens is 260 g/mol. The molecule has 0 bridgehead atoms. The number of pyridine rings is 1. The summed E-state index contributed by atoms with van der Waals surface area (Å²) >= 11 is 0. The number of amides is 1. The van der Waals surface area contributed by atoms with Crippen molar-refractivity contribution in [3.8, 4) is 0 Å². The summed E-state index contributed by atoms with van der Waals surface area (Å²) in [6.45, 7) is 8.24. The predicted molar refractivity (Wildman–Crippen MR) is 76.3 cm³/mol. The van der Waals surface area contributed by atoms with Crippen LogP contribution in [-0.4, -0.2) is 33.3 Å². The van der Waals surface area contributed by atoms with Gasteiger partial charge in [-0.2, -0.15) is 0 Å². The van der Waals surface area contributed by atoms with Crippen molar-refractivity contribution in [2.75, 3.05) is 12.3 Å². The number of hydrogen-bond donors (Lipinski definition) is 1. The van der Waals surface area contributed by atoms with E-state index in [2.05, 4.69) is 4.98 Å². The topological polar surface area (TPSA) is 102 Å². The summed E-state index contributed by atoms with van der Waals surface area (Å²) in [6.07, 6.45) is 1.02. The molecule has 0 radical (unpaired) electrons. The molecule has 7 nitrogen and oxygen atoms in total. The van der Waals surface area contributed by atoms with Gasteiger partial charge in [0.25, 0.3) is 11.6 Å². The van der Waals surface area contributed by atoms with Gasteiger partial charge in [-0.3, -0.25) is 14.9 Å². The second-order valence-corrected chi connectivity index (χ2v) is 5.33. The molecule has 0 atom stereocenters. The van der Waals surface area contributed by atoms with Crippen LogP contribution in [0.2, 0.25) is 0 Å². The number of rotatable bonds is 5. The fraction of sp³-hybridized carbons (Fsp3) is 0.538. The van der Waals surface area contributed by atoms with Crippen molar-refractivity contribution in [3.63, 3.8) is 0 Å². The Morgan fingerprint density at radius 1 is 1.45 bits per heavy atom. The quantitative estimate of drug-likeness (QED) is 0.657. The van der Waals surface area contributed by atoms with Crippen molar-refractivity contribution in [1.82, 2.24) is 9.88 Å². The highest BCUT2D eigenvalue weighted by Gasteiger charge is 2.27. The zero-order valence-corrected chi connectivity index (χ0v) is 12.2. The predicted octanol–water partition coefficient (Wildman–Crippen LogP) is 2.08. The third-order valence-electron chi connectivity index (χ3n) is 2.78. The molecule has 0 fully saturated rings. The number of aromatic nitrogens is 1. The third-order valence-corrected chi connectivity index (χ3v) is 2.78. The van der Waals surface area contributed by atoms with Gasteiger partial charge in [-0.05, 0) is 25.8 Å². The molecular formula is C13H20N4O3. The number of nitrogens with zero attached hydrogens (tertiary/aromatic N) is 3. The molecule has 20 heavy (non-hydrogen) atoms. The fourth-order valence-electron chi connectivity index (χ4n) is 1.86. The largest absolute Gasteiger partial charge is 0.384 e. The van der Waals surface area contributed by atoms with E-state index in [4.69, 9.17) is 5.73 Å². The van der Waals surface area contributed by atoms with Crippen LogP contribution in [0.5, 0.6) is 0 Å². The number of nitrogen functional groups attached to an aromatic ring is 1. The molecule has 2 N–H and O–H groups in total. The van der Waals surface area contributed by atoms with E-state index >= 15 is 0 Å². The fourth-order valence-corrected chi connectivity index (χ4v) is 1.86. The van der Waals surface area contributed by atoms with Crippen molar-refractivity contribution >= 4 is 17.4 Å². The van der Waals surface area contributed by atoms with Crippen LogP contribution in [0, 0.1) is 16.0 Å². The lowest BCUT2D eigenvalue weighted by Gasteiger charge is -2.28. The lowest BCUT2D eigenvalue weighted by molar-refractivity contribution is -0.385. The van der Waals surface area contributed by atoms with Crippen LogP contribution in [0.25, 0.3) is 0 Å². The minimum Gasteiger partial charge on any atom is -0.384 e. The van der Waals surface area contributed by atoms with Crippen molar-refractivity contribution in [1.29, 1.82) is 0 Å². The standard InChI is InChI=1S/C13H20N4O3/c1-8(2)7-16(9(3)4)13(18)10-5-12(14)15-6-11(10)17(19)20/h5-6,8-9H,7H2,1-4H3,(H2,14,15). The van der Waals surface area contributed by atoms with Gasteiger partial charge in [-0.15, -0.1) is 0 Å². The van der Waals surface area contributed by atoms with Crippen LogP contribution in [-0.2, 0) is 0 Å². The Balaban J connectivity index is 3.23. The molecule has 1 heterocycles. The van der Waals surface area contributed by atoms with Crippen LogP contribution in [0.15, 0.2) is 12.3 Å². The van der Waals surface area contributed by atoms with Gasteiger partial charge in [0.05, 0.1) is 4.92 Å². The van der Waals surface area contributed by atoms with Gasteiger partial charge < -0.3 is 10.6 Å². The molecule has 0 spiro atoms. The average molecular weight is 280 g/mol. The number of nitro groups is 1. The van der Waals surface area contributed by atoms with Crippen molar-refractivity contribution in [2.45, 2.75) is 33.7 Å². The van der Waals surface area contributed by atoms with Crippen molar-refractivity contribution in [3.05, 3.63) is 27.9 Å². The van der Waals surface area contributed by atoms with Crippen LogP contribution < -0.4 is 5.73 Å². The third kappa shape index (κ3) is 3.66. The smallest absolute Gasteiger partial charge is 0.300 e. The summed E-state index contributed by atoms with van der Waals surface area (Å²) < 4.78 is 0. The Kier molecular flexibility index (Phi) is 5.01. The summed E-state index contributed by atoms with van der Waals surface area (Å²) in [5.74, 6) is -0.0405. The van der Waals surface area contributed by atoms with E-state index in [-0.39, 0.29) is 29.0 Å². The highest BCUT2D eigenvalue weighted by Crippen LogP contribution is 2.22. The van der Waals surface area contributed by atoms with Crippen LogP contribution in [0.3, 0.4) is 0 Å². The minimum atomic E-state index is -0.618. The Bertz CT molecular complexity index is 514. The van der Waals surface area contributed by atoms with Crippen LogP contribution in [0.1, 0.15) is 38.1 Å². The Hall–Kier alpha value is -2.18. The first-order valence-corrected chi connectivity index (χ1v) is 6.45. The monoisotopic (exact) mass is 280 g/mol. The maximum Gasteiger partial charge on any atom is 0.300 e. The van der Waals surface area contributed by atoms with Gasteiger partial charge in [0.15, 0.2) is 0 Å². The summed E-state index contributed by atoms with van der Waals surface area (Å²) in [5.41, 5.74) is 5.20. The van der Waals surface area contributed by atoms with Crippen LogP contribution in [0.4, 0.5) is 11.5 Å². The van der Waals surface area contributed by atoms with Gasteiger partial charge in [0, 0.05) is 12.6 Å². The van der Waals surface area contributed by atoms with Gasteiger partial charge >= 0.3 is 0 Å². The second kappa shape index (κ2) is 6.31. The van der Waals surface area contributed by atoms with Crippen molar-refractivity contribution < 1.29 is 9.72 Å². The Morgan fingerprint density at radius 3 is 2.50 bits per heavy atom. The average Bonchev–Trinajstić information content (AvgIpc) is 2.34. The first-order valence-electron chi connectivity index (χ1n) is 6.45. The number of anilines is 1. The zero-order chi connectivity index (χ0) is 15.4. The number of carbonyl (C=O) groups is 1. The van der Waals surface area contributed by atoms with Gasteiger partial charge in [0.2, 0.25) is 0 Å². The van der Waals surface area contributed by atoms with Gasteiger partial charge in [-0.1, -0.05) is 13.8 Å². The molecule has 0 aliphatic carbocycles. The molecule has 0 aromatic carbocycles. The summed E-state index contributed by atoms with van der Waals surface area (Å²) in [5, 5.41) is 11.0. The number of nitrogens with two attached hydrogens (primary N) is 1. The highest BCUT2D eigenvalue weighted by molar-refractivity contribution is 5.98. The lowest BCUT2D eigenvalue weighted by atomic mass is 10.1. The van der Waals surface area contributed by atoms with Gasteiger partial charge in [0.1, 0.15) is 17.6 Å². The Morgan fingerprint density at radius 2 is 2.05 bits per heavy atom. The van der Waals surface area contributed by atoms with E-state index in [1.807, 2.05) is 27.7 Å². The molecule has 0 saturated carbocycles. The van der Waals surface area contributed by atoms with E-state index in [0.717, 1.165) is 6.20 Å². The van der Waals surface area contributed by atoms with E-state index < -0.39 is 10.8 Å². The van der Waals surface area contributed by atoms with E-state index in [1.54, 1.807) is 4.90 Å². The van der Waals surface area contributed by atoms with Crippen molar-refractivity contribution in [2.24, 2.45) is 5.92 Å². The molecule has 110 valence electrons. The molecule has 0 saturated heterocycles. The van der Waals surface area contributed by atoms with E-state index in [0.29, 0.717) is 6.54 Å². The van der Waals surface area contributed by atoms with E-state index in [1.165, 1.54) is 6.07 Å². The van der Waals surface area contributed by atoms with Gasteiger partial charge in [-0.25, -0.2) is 4.98 Å².